The Bertz CT molecular complexity index is 964. The zero-order chi connectivity index (χ0) is 19.0. The van der Waals surface area contributed by atoms with E-state index in [1.54, 1.807) is 0 Å². The largest absolute Gasteiger partial charge is 0.350 e. The molecular formula is C21H28N4O. The number of nitrogens with zero attached hydrogens (tertiary/aromatic N) is 3. The highest BCUT2D eigenvalue weighted by Crippen LogP contribution is 2.26. The van der Waals surface area contributed by atoms with E-state index in [2.05, 4.69) is 48.9 Å². The number of carbonyl (C=O) groups excluding carboxylic acids is 1. The number of rotatable bonds is 5. The fourth-order valence-electron chi connectivity index (χ4n) is 3.87. The summed E-state index contributed by atoms with van der Waals surface area (Å²) in [7, 11) is 2.03. The quantitative estimate of drug-likeness (QED) is 0.748. The van der Waals surface area contributed by atoms with Crippen LogP contribution in [0.15, 0.2) is 24.4 Å². The van der Waals surface area contributed by atoms with Gasteiger partial charge >= 0.3 is 0 Å². The van der Waals surface area contributed by atoms with Crippen molar-refractivity contribution >= 4 is 16.8 Å². The third kappa shape index (κ3) is 3.02. The van der Waals surface area contributed by atoms with Gasteiger partial charge in [-0.15, -0.1) is 0 Å². The van der Waals surface area contributed by atoms with Gasteiger partial charge in [0.1, 0.15) is 0 Å². The Morgan fingerprint density at radius 1 is 1.23 bits per heavy atom. The zero-order valence-electron chi connectivity index (χ0n) is 16.6. The number of fused-ring (bicyclic) bond motifs is 1. The van der Waals surface area contributed by atoms with Crippen molar-refractivity contribution in [2.24, 2.45) is 7.05 Å². The lowest BCUT2D eigenvalue weighted by atomic mass is 10.0. The summed E-state index contributed by atoms with van der Waals surface area (Å²) in [6.45, 7) is 11.2. The second-order valence-corrected chi connectivity index (χ2v) is 6.99. The molecule has 0 spiro atoms. The van der Waals surface area contributed by atoms with Crippen LogP contribution in [0.25, 0.3) is 10.9 Å². The van der Waals surface area contributed by atoms with Crippen LogP contribution in [-0.2, 0) is 13.6 Å². The van der Waals surface area contributed by atoms with Crippen molar-refractivity contribution in [3.8, 4) is 0 Å². The molecule has 0 aliphatic carbocycles. The lowest BCUT2D eigenvalue weighted by Crippen LogP contribution is -2.29. The Morgan fingerprint density at radius 3 is 2.58 bits per heavy atom. The Kier molecular flexibility index (Phi) is 4.90. The first-order chi connectivity index (χ1) is 12.4. The average molecular weight is 352 g/mol. The topological polar surface area (TPSA) is 51.9 Å². The molecule has 3 aromatic rings. The summed E-state index contributed by atoms with van der Waals surface area (Å²) < 4.78 is 4.09. The van der Waals surface area contributed by atoms with E-state index >= 15 is 0 Å². The first-order valence-corrected chi connectivity index (χ1v) is 9.27. The van der Waals surface area contributed by atoms with Crippen molar-refractivity contribution in [2.75, 3.05) is 0 Å². The van der Waals surface area contributed by atoms with E-state index in [4.69, 9.17) is 0 Å². The lowest BCUT2D eigenvalue weighted by molar-refractivity contribution is 0.0935. The van der Waals surface area contributed by atoms with E-state index in [-0.39, 0.29) is 11.9 Å². The fourth-order valence-corrected chi connectivity index (χ4v) is 3.87. The van der Waals surface area contributed by atoms with Gasteiger partial charge in [-0.2, -0.15) is 5.10 Å². The SMILES string of the molecule is CC[C@@H](NC(=O)c1ccc2c(c1)c(C)cn2C)c1c(C)nn(CC)c1C. The number of benzene rings is 1. The minimum atomic E-state index is -0.0370. The standard InChI is InChI=1S/C21H28N4O/c1-7-18(20-14(4)23-25(8-2)15(20)5)22-21(26)16-9-10-19-17(11-16)13(3)12-24(19)6/h9-12,18H,7-8H2,1-6H3,(H,22,26)/t18-/m1/s1. The van der Waals surface area contributed by atoms with E-state index in [0.717, 1.165) is 40.8 Å². The first-order valence-electron chi connectivity index (χ1n) is 9.27. The number of amides is 1. The van der Waals surface area contributed by atoms with Crippen molar-refractivity contribution in [2.45, 2.75) is 53.6 Å². The number of aryl methyl sites for hydroxylation is 4. The summed E-state index contributed by atoms with van der Waals surface area (Å²) in [4.78, 5) is 12.9. The molecule has 3 rings (SSSR count). The highest BCUT2D eigenvalue weighted by atomic mass is 16.1. The van der Waals surface area contributed by atoms with Crippen LogP contribution in [0.1, 0.15) is 59.2 Å². The normalized spacial score (nSPS) is 12.5. The number of nitrogens with one attached hydrogen (secondary N) is 1. The van der Waals surface area contributed by atoms with Gasteiger partial charge in [-0.05, 0) is 57.9 Å². The predicted molar refractivity (Wildman–Crippen MR) is 106 cm³/mol. The molecule has 26 heavy (non-hydrogen) atoms. The maximum atomic E-state index is 12.9. The smallest absolute Gasteiger partial charge is 0.251 e. The van der Waals surface area contributed by atoms with Crippen LogP contribution < -0.4 is 5.32 Å². The van der Waals surface area contributed by atoms with Crippen LogP contribution in [0, 0.1) is 20.8 Å². The third-order valence-electron chi connectivity index (χ3n) is 5.25. The second-order valence-electron chi connectivity index (χ2n) is 6.99. The van der Waals surface area contributed by atoms with Crippen LogP contribution in [0.2, 0.25) is 0 Å². The van der Waals surface area contributed by atoms with Gasteiger partial charge in [0, 0.05) is 47.5 Å². The molecule has 1 atom stereocenters. The summed E-state index contributed by atoms with van der Waals surface area (Å²) in [6, 6.07) is 5.88. The summed E-state index contributed by atoms with van der Waals surface area (Å²) in [5, 5.41) is 8.93. The number of carbonyl (C=O) groups is 1. The molecule has 0 unspecified atom stereocenters. The summed E-state index contributed by atoms with van der Waals surface area (Å²) in [5.41, 5.74) is 6.28. The minimum absolute atomic E-state index is 0.0321. The van der Waals surface area contributed by atoms with Crippen LogP contribution in [0.5, 0.6) is 0 Å². The fraction of sp³-hybridized carbons (Fsp3) is 0.429. The van der Waals surface area contributed by atoms with Crippen molar-refractivity contribution in [3.63, 3.8) is 0 Å². The predicted octanol–water partition coefficient (Wildman–Crippen LogP) is 4.20. The van der Waals surface area contributed by atoms with Crippen LogP contribution in [0.4, 0.5) is 0 Å². The van der Waals surface area contributed by atoms with E-state index in [0.29, 0.717) is 5.56 Å². The molecule has 2 aromatic heterocycles. The van der Waals surface area contributed by atoms with Crippen LogP contribution in [0.3, 0.4) is 0 Å². The van der Waals surface area contributed by atoms with Gasteiger partial charge in [-0.25, -0.2) is 0 Å². The third-order valence-corrected chi connectivity index (χ3v) is 5.25. The van der Waals surface area contributed by atoms with E-state index < -0.39 is 0 Å². The van der Waals surface area contributed by atoms with Crippen molar-refractivity contribution in [3.05, 3.63) is 52.5 Å². The van der Waals surface area contributed by atoms with Crippen molar-refractivity contribution in [1.82, 2.24) is 19.7 Å². The van der Waals surface area contributed by atoms with Gasteiger partial charge in [0.25, 0.3) is 5.91 Å². The molecule has 5 heteroatoms. The van der Waals surface area contributed by atoms with Crippen LogP contribution >= 0.6 is 0 Å². The highest BCUT2D eigenvalue weighted by Gasteiger charge is 2.22. The summed E-state index contributed by atoms with van der Waals surface area (Å²) >= 11 is 0. The highest BCUT2D eigenvalue weighted by molar-refractivity contribution is 5.99. The molecule has 0 radical (unpaired) electrons. The van der Waals surface area contributed by atoms with Gasteiger partial charge in [0.05, 0.1) is 11.7 Å². The molecule has 1 aromatic carbocycles. The minimum Gasteiger partial charge on any atom is -0.350 e. The first kappa shape index (κ1) is 18.2. The molecule has 5 nitrogen and oxygen atoms in total. The molecule has 2 heterocycles. The molecule has 138 valence electrons. The molecule has 0 fully saturated rings. The Morgan fingerprint density at radius 2 is 1.96 bits per heavy atom. The number of hydrogen-bond acceptors (Lipinski definition) is 2. The van der Waals surface area contributed by atoms with Crippen molar-refractivity contribution in [1.29, 1.82) is 0 Å². The van der Waals surface area contributed by atoms with Gasteiger partial charge in [-0.1, -0.05) is 6.92 Å². The maximum absolute atomic E-state index is 12.9. The summed E-state index contributed by atoms with van der Waals surface area (Å²) in [5.74, 6) is -0.0370. The monoisotopic (exact) mass is 352 g/mol. The Hall–Kier alpha value is -2.56. The van der Waals surface area contributed by atoms with Gasteiger partial charge in [0.2, 0.25) is 0 Å². The molecule has 0 saturated heterocycles. The molecule has 1 amide bonds. The molecule has 0 aliphatic heterocycles. The maximum Gasteiger partial charge on any atom is 0.251 e. The lowest BCUT2D eigenvalue weighted by Gasteiger charge is -2.18. The van der Waals surface area contributed by atoms with Gasteiger partial charge in [0.15, 0.2) is 0 Å². The van der Waals surface area contributed by atoms with Gasteiger partial charge in [-0.3, -0.25) is 9.48 Å². The van der Waals surface area contributed by atoms with Crippen molar-refractivity contribution < 1.29 is 4.79 Å². The number of hydrogen-bond donors (Lipinski definition) is 1. The van der Waals surface area contributed by atoms with E-state index in [1.165, 1.54) is 5.56 Å². The second kappa shape index (κ2) is 6.98. The molecule has 1 N–H and O–H groups in total. The number of aromatic nitrogens is 3. The Labute approximate surface area is 155 Å². The van der Waals surface area contributed by atoms with E-state index in [1.807, 2.05) is 36.9 Å². The zero-order valence-corrected chi connectivity index (χ0v) is 16.6. The molecular weight excluding hydrogens is 324 g/mol. The Balaban J connectivity index is 1.91. The molecule has 0 aliphatic rings. The summed E-state index contributed by atoms with van der Waals surface area (Å²) in [6.07, 6.45) is 2.92. The molecule has 0 saturated carbocycles. The van der Waals surface area contributed by atoms with Gasteiger partial charge < -0.3 is 9.88 Å². The average Bonchev–Trinajstić information content (AvgIpc) is 3.08. The van der Waals surface area contributed by atoms with Crippen LogP contribution in [-0.4, -0.2) is 20.3 Å². The molecule has 0 bridgehead atoms. The van der Waals surface area contributed by atoms with E-state index in [9.17, 15) is 4.79 Å².